The van der Waals surface area contributed by atoms with Crippen molar-refractivity contribution in [3.8, 4) is 17.0 Å². The van der Waals surface area contributed by atoms with Gasteiger partial charge < -0.3 is 9.84 Å². The number of halogens is 1. The van der Waals surface area contributed by atoms with Gasteiger partial charge in [-0.3, -0.25) is 14.9 Å². The standard InChI is InChI=1S/C25H31FN4O2/c1-18-12-19(6-7-24(18)32-2)15-30-10-9-29(17-23(30)8-11-31)16-21-14-27-28-25(21)20-4-3-5-22(26)13-20/h3-7,12-14,23,31H,8-11,15-17H2,1-2H3,(H,27,28)/t23-/m1/s1. The van der Waals surface area contributed by atoms with Crippen molar-refractivity contribution in [1.29, 1.82) is 0 Å². The normalized spacial score (nSPS) is 17.6. The third-order valence-corrected chi connectivity index (χ3v) is 6.22. The summed E-state index contributed by atoms with van der Waals surface area (Å²) in [6.45, 7) is 6.52. The van der Waals surface area contributed by atoms with Gasteiger partial charge >= 0.3 is 0 Å². The first-order valence-electron chi connectivity index (χ1n) is 11.1. The van der Waals surface area contributed by atoms with E-state index in [0.29, 0.717) is 0 Å². The van der Waals surface area contributed by atoms with Crippen LogP contribution in [0.5, 0.6) is 5.75 Å². The van der Waals surface area contributed by atoms with Crippen LogP contribution in [0.3, 0.4) is 0 Å². The molecular formula is C25H31FN4O2. The first kappa shape index (κ1) is 22.5. The van der Waals surface area contributed by atoms with Crippen molar-refractivity contribution in [2.24, 2.45) is 0 Å². The van der Waals surface area contributed by atoms with Crippen LogP contribution in [0, 0.1) is 12.7 Å². The molecule has 6 nitrogen and oxygen atoms in total. The van der Waals surface area contributed by atoms with Gasteiger partial charge in [0.15, 0.2) is 0 Å². The van der Waals surface area contributed by atoms with Gasteiger partial charge in [-0.2, -0.15) is 5.10 Å². The lowest BCUT2D eigenvalue weighted by molar-refractivity contribution is 0.0500. The Hall–Kier alpha value is -2.74. The number of hydrogen-bond donors (Lipinski definition) is 2. The molecule has 0 amide bonds. The number of hydrogen-bond acceptors (Lipinski definition) is 5. The largest absolute Gasteiger partial charge is 0.496 e. The fourth-order valence-corrected chi connectivity index (χ4v) is 4.57. The third kappa shape index (κ3) is 5.18. The maximum Gasteiger partial charge on any atom is 0.123 e. The zero-order valence-electron chi connectivity index (χ0n) is 18.7. The Labute approximate surface area is 188 Å². The Morgan fingerprint density at radius 1 is 1.19 bits per heavy atom. The summed E-state index contributed by atoms with van der Waals surface area (Å²) in [7, 11) is 1.69. The van der Waals surface area contributed by atoms with Crippen molar-refractivity contribution in [1.82, 2.24) is 20.0 Å². The molecule has 1 atom stereocenters. The van der Waals surface area contributed by atoms with Crippen molar-refractivity contribution in [3.05, 3.63) is 71.2 Å². The first-order valence-corrected chi connectivity index (χ1v) is 11.1. The van der Waals surface area contributed by atoms with Crippen molar-refractivity contribution < 1.29 is 14.2 Å². The number of methoxy groups -OCH3 is 1. The Morgan fingerprint density at radius 2 is 2.06 bits per heavy atom. The zero-order chi connectivity index (χ0) is 22.5. The minimum Gasteiger partial charge on any atom is -0.496 e. The molecule has 0 bridgehead atoms. The van der Waals surface area contributed by atoms with E-state index >= 15 is 0 Å². The maximum atomic E-state index is 13.7. The highest BCUT2D eigenvalue weighted by Crippen LogP contribution is 2.26. The summed E-state index contributed by atoms with van der Waals surface area (Å²) in [6, 6.07) is 13.2. The van der Waals surface area contributed by atoms with Crippen molar-refractivity contribution in [2.75, 3.05) is 33.4 Å². The van der Waals surface area contributed by atoms with E-state index in [1.54, 1.807) is 13.2 Å². The van der Waals surface area contributed by atoms with Gasteiger partial charge in [-0.05, 0) is 42.7 Å². The van der Waals surface area contributed by atoms with Crippen LogP contribution < -0.4 is 4.74 Å². The predicted octanol–water partition coefficient (Wildman–Crippen LogP) is 3.60. The molecule has 4 rings (SSSR count). The molecule has 7 heteroatoms. The van der Waals surface area contributed by atoms with Crippen molar-refractivity contribution >= 4 is 0 Å². The molecule has 2 aromatic carbocycles. The summed E-state index contributed by atoms with van der Waals surface area (Å²) < 4.78 is 19.1. The SMILES string of the molecule is COc1ccc(CN2CCN(Cc3cn[nH]c3-c3cccc(F)c3)C[C@H]2CCO)cc1C. The monoisotopic (exact) mass is 438 g/mol. The molecule has 1 saturated heterocycles. The molecule has 1 aliphatic heterocycles. The zero-order valence-corrected chi connectivity index (χ0v) is 18.7. The molecule has 170 valence electrons. The van der Waals surface area contributed by atoms with Crippen LogP contribution >= 0.6 is 0 Å². The van der Waals surface area contributed by atoms with E-state index < -0.39 is 0 Å². The highest BCUT2D eigenvalue weighted by atomic mass is 19.1. The van der Waals surface area contributed by atoms with Crippen LogP contribution in [0.1, 0.15) is 23.1 Å². The number of H-pyrrole nitrogens is 1. The number of nitrogens with one attached hydrogen (secondary N) is 1. The number of benzene rings is 2. The minimum absolute atomic E-state index is 0.164. The molecule has 0 saturated carbocycles. The van der Waals surface area contributed by atoms with Gasteiger partial charge in [0.1, 0.15) is 11.6 Å². The van der Waals surface area contributed by atoms with Gasteiger partial charge in [0.05, 0.1) is 19.0 Å². The topological polar surface area (TPSA) is 64.6 Å². The first-order chi connectivity index (χ1) is 15.6. The highest BCUT2D eigenvalue weighted by molar-refractivity contribution is 5.62. The lowest BCUT2D eigenvalue weighted by atomic mass is 10.0. The fourth-order valence-electron chi connectivity index (χ4n) is 4.57. The Morgan fingerprint density at radius 3 is 2.81 bits per heavy atom. The molecule has 1 aromatic heterocycles. The van der Waals surface area contributed by atoms with Crippen LogP contribution in [0.2, 0.25) is 0 Å². The van der Waals surface area contributed by atoms with Crippen LogP contribution in [-0.4, -0.2) is 64.5 Å². The van der Waals surface area contributed by atoms with E-state index in [1.807, 2.05) is 18.3 Å². The van der Waals surface area contributed by atoms with E-state index in [1.165, 1.54) is 17.7 Å². The summed E-state index contributed by atoms with van der Waals surface area (Å²) in [4.78, 5) is 4.85. The molecule has 0 spiro atoms. The summed E-state index contributed by atoms with van der Waals surface area (Å²) in [6.07, 6.45) is 2.56. The van der Waals surface area contributed by atoms with Crippen LogP contribution in [0.25, 0.3) is 11.3 Å². The molecule has 2 heterocycles. The quantitative estimate of drug-likeness (QED) is 0.563. The van der Waals surface area contributed by atoms with Crippen molar-refractivity contribution in [3.63, 3.8) is 0 Å². The number of aromatic amines is 1. The number of piperazine rings is 1. The summed E-state index contributed by atoms with van der Waals surface area (Å²) in [5.74, 6) is 0.646. The van der Waals surface area contributed by atoms with E-state index in [-0.39, 0.29) is 18.5 Å². The van der Waals surface area contributed by atoms with Gasteiger partial charge in [0.2, 0.25) is 0 Å². The lowest BCUT2D eigenvalue weighted by Gasteiger charge is -2.41. The second-order valence-corrected chi connectivity index (χ2v) is 8.46. The van der Waals surface area contributed by atoms with Gasteiger partial charge in [-0.25, -0.2) is 4.39 Å². The van der Waals surface area contributed by atoms with Gasteiger partial charge in [-0.15, -0.1) is 0 Å². The number of aryl methyl sites for hydroxylation is 1. The minimum atomic E-state index is -0.256. The Balaban J connectivity index is 1.44. The second kappa shape index (κ2) is 10.3. The fraction of sp³-hybridized carbons (Fsp3) is 0.400. The number of aromatic nitrogens is 2. The number of ether oxygens (including phenoxy) is 1. The van der Waals surface area contributed by atoms with E-state index in [0.717, 1.165) is 67.3 Å². The molecule has 1 aliphatic rings. The molecule has 2 N–H and O–H groups in total. The lowest BCUT2D eigenvalue weighted by Crippen LogP contribution is -2.52. The summed E-state index contributed by atoms with van der Waals surface area (Å²) in [5.41, 5.74) is 5.10. The molecule has 0 aliphatic carbocycles. The van der Waals surface area contributed by atoms with Gasteiger partial charge in [-0.1, -0.05) is 24.3 Å². The Bertz CT molecular complexity index is 1040. The molecule has 0 radical (unpaired) electrons. The highest BCUT2D eigenvalue weighted by Gasteiger charge is 2.27. The Kier molecular flexibility index (Phi) is 7.19. The third-order valence-electron chi connectivity index (χ3n) is 6.22. The smallest absolute Gasteiger partial charge is 0.123 e. The predicted molar refractivity (Wildman–Crippen MR) is 123 cm³/mol. The van der Waals surface area contributed by atoms with E-state index in [2.05, 4.69) is 39.1 Å². The average Bonchev–Trinajstić information content (AvgIpc) is 3.24. The molecular weight excluding hydrogens is 407 g/mol. The molecule has 32 heavy (non-hydrogen) atoms. The van der Waals surface area contributed by atoms with Gasteiger partial charge in [0, 0.05) is 56.5 Å². The van der Waals surface area contributed by atoms with Crippen LogP contribution in [-0.2, 0) is 13.1 Å². The van der Waals surface area contributed by atoms with Crippen molar-refractivity contribution in [2.45, 2.75) is 32.5 Å². The average molecular weight is 439 g/mol. The summed E-state index contributed by atoms with van der Waals surface area (Å²) in [5, 5.41) is 16.9. The number of aliphatic hydroxyl groups excluding tert-OH is 1. The van der Waals surface area contributed by atoms with Crippen LogP contribution in [0.4, 0.5) is 4.39 Å². The molecule has 3 aromatic rings. The van der Waals surface area contributed by atoms with E-state index in [9.17, 15) is 9.50 Å². The van der Waals surface area contributed by atoms with Crippen LogP contribution in [0.15, 0.2) is 48.7 Å². The summed E-state index contributed by atoms with van der Waals surface area (Å²) >= 11 is 0. The van der Waals surface area contributed by atoms with E-state index in [4.69, 9.17) is 4.74 Å². The second-order valence-electron chi connectivity index (χ2n) is 8.46. The number of nitrogens with zero attached hydrogens (tertiary/aromatic N) is 3. The number of aliphatic hydroxyl groups is 1. The molecule has 1 fully saturated rings. The molecule has 0 unspecified atom stereocenters. The maximum absolute atomic E-state index is 13.7. The van der Waals surface area contributed by atoms with Gasteiger partial charge in [0.25, 0.3) is 0 Å². The number of rotatable bonds is 8.